The number of fused-ring (bicyclic) bond motifs is 1. The van der Waals surface area contributed by atoms with Crippen LogP contribution in [0.3, 0.4) is 0 Å². The number of esters is 2. The molecule has 7 heteroatoms. The third-order valence-corrected chi connectivity index (χ3v) is 5.52. The molecule has 0 aliphatic heterocycles. The number of ether oxygens (including phenoxy) is 2. The molecule has 0 saturated heterocycles. The van der Waals surface area contributed by atoms with Gasteiger partial charge in [0.15, 0.2) is 6.04 Å². The maximum absolute atomic E-state index is 12.7. The van der Waals surface area contributed by atoms with Crippen LogP contribution < -0.4 is 0 Å². The van der Waals surface area contributed by atoms with Crippen LogP contribution in [-0.2, 0) is 19.1 Å². The van der Waals surface area contributed by atoms with E-state index in [1.807, 2.05) is 0 Å². The van der Waals surface area contributed by atoms with Crippen LogP contribution in [0.2, 0.25) is 0 Å². The molecule has 0 aromatic rings. The molecule has 2 fully saturated rings. The van der Waals surface area contributed by atoms with Gasteiger partial charge < -0.3 is 19.8 Å². The standard InChI is InChI=1S/C17H27NO6/c1-4-18(22)13-7-6-12-15(13)14(20)8-9-17(12,10-24-11(3)19)16(21)23-5-2/h4,12-15,20H,5-10H2,1-3H3/b18-4+/t12-,13+,14-,15-,17-/m0/s1. The Morgan fingerprint density at radius 2 is 2.04 bits per heavy atom. The lowest BCUT2D eigenvalue weighted by molar-refractivity contribution is -0.509. The third-order valence-electron chi connectivity index (χ3n) is 5.52. The number of hydrogen-bond donors (Lipinski definition) is 1. The fraction of sp³-hybridized carbons (Fsp3) is 0.824. The van der Waals surface area contributed by atoms with Gasteiger partial charge in [-0.05, 0) is 32.1 Å². The molecule has 0 amide bonds. The molecular weight excluding hydrogens is 314 g/mol. The summed E-state index contributed by atoms with van der Waals surface area (Å²) >= 11 is 0. The normalized spacial score (nSPS) is 36.1. The van der Waals surface area contributed by atoms with Gasteiger partial charge in [0.1, 0.15) is 18.2 Å². The first-order valence-electron chi connectivity index (χ1n) is 8.61. The zero-order valence-corrected chi connectivity index (χ0v) is 14.6. The molecule has 136 valence electrons. The summed E-state index contributed by atoms with van der Waals surface area (Å²) in [6, 6.07) is -0.360. The molecule has 0 bridgehead atoms. The van der Waals surface area contributed by atoms with Crippen LogP contribution in [0.25, 0.3) is 0 Å². The van der Waals surface area contributed by atoms with Gasteiger partial charge in [-0.25, -0.2) is 4.74 Å². The molecule has 2 aliphatic carbocycles. The second-order valence-corrected chi connectivity index (χ2v) is 6.71. The van der Waals surface area contributed by atoms with Crippen LogP contribution in [0.1, 0.15) is 46.5 Å². The lowest BCUT2D eigenvalue weighted by atomic mass is 9.61. The number of carbonyl (C=O) groups is 2. The highest BCUT2D eigenvalue weighted by Gasteiger charge is 2.61. The fourth-order valence-corrected chi connectivity index (χ4v) is 4.44. The van der Waals surface area contributed by atoms with Crippen molar-refractivity contribution < 1.29 is 28.9 Å². The molecule has 0 aromatic carbocycles. The van der Waals surface area contributed by atoms with Crippen molar-refractivity contribution in [1.29, 1.82) is 0 Å². The van der Waals surface area contributed by atoms with Crippen LogP contribution >= 0.6 is 0 Å². The number of nitrogens with zero attached hydrogens (tertiary/aromatic N) is 1. The summed E-state index contributed by atoms with van der Waals surface area (Å²) in [4.78, 5) is 24.0. The summed E-state index contributed by atoms with van der Waals surface area (Å²) in [6.07, 6.45) is 2.81. The summed E-state index contributed by atoms with van der Waals surface area (Å²) in [6.45, 7) is 4.87. The first kappa shape index (κ1) is 18.7. The largest absolute Gasteiger partial charge is 0.624 e. The van der Waals surface area contributed by atoms with E-state index < -0.39 is 23.5 Å². The highest BCUT2D eigenvalue weighted by Crippen LogP contribution is 2.54. The van der Waals surface area contributed by atoms with Gasteiger partial charge in [0, 0.05) is 20.3 Å². The molecule has 0 heterocycles. The third kappa shape index (κ3) is 3.27. The van der Waals surface area contributed by atoms with Crippen molar-refractivity contribution in [2.45, 2.75) is 58.6 Å². The predicted molar refractivity (Wildman–Crippen MR) is 86.3 cm³/mol. The van der Waals surface area contributed by atoms with Crippen LogP contribution in [0.15, 0.2) is 0 Å². The van der Waals surface area contributed by atoms with E-state index in [1.54, 1.807) is 13.8 Å². The number of hydroxylamine groups is 1. The zero-order valence-electron chi connectivity index (χ0n) is 14.6. The minimum Gasteiger partial charge on any atom is -0.624 e. The Balaban J connectivity index is 2.36. The first-order chi connectivity index (χ1) is 11.4. The Kier molecular flexibility index (Phi) is 5.85. The van der Waals surface area contributed by atoms with Gasteiger partial charge in [0.2, 0.25) is 0 Å². The van der Waals surface area contributed by atoms with Crippen molar-refractivity contribution in [1.82, 2.24) is 0 Å². The average Bonchev–Trinajstić information content (AvgIpc) is 3.00. The molecule has 5 atom stereocenters. The smallest absolute Gasteiger partial charge is 0.315 e. The minimum atomic E-state index is -0.977. The van der Waals surface area contributed by atoms with Gasteiger partial charge in [-0.2, -0.15) is 0 Å². The van der Waals surface area contributed by atoms with Crippen molar-refractivity contribution in [3.05, 3.63) is 5.21 Å². The topological polar surface area (TPSA) is 98.9 Å². The van der Waals surface area contributed by atoms with Gasteiger partial charge in [0.25, 0.3) is 0 Å². The van der Waals surface area contributed by atoms with E-state index in [4.69, 9.17) is 9.47 Å². The minimum absolute atomic E-state index is 0.0591. The van der Waals surface area contributed by atoms with Crippen molar-refractivity contribution >= 4 is 18.2 Å². The van der Waals surface area contributed by atoms with Gasteiger partial charge >= 0.3 is 11.9 Å². The monoisotopic (exact) mass is 341 g/mol. The highest BCUT2D eigenvalue weighted by atomic mass is 16.6. The zero-order chi connectivity index (χ0) is 17.9. The molecule has 2 aliphatic rings. The molecule has 0 radical (unpaired) electrons. The van der Waals surface area contributed by atoms with E-state index in [2.05, 4.69) is 0 Å². The SMILES string of the molecule is C/C=[N+](/[O-])[C@@H]1CC[C@H]2[C@@H]1[C@@H](O)CC[C@@]2(COC(C)=O)C(=O)OCC. The molecule has 0 unspecified atom stereocenters. The van der Waals surface area contributed by atoms with Crippen molar-refractivity contribution in [2.75, 3.05) is 13.2 Å². The lowest BCUT2D eigenvalue weighted by Gasteiger charge is -2.45. The second kappa shape index (κ2) is 7.51. The van der Waals surface area contributed by atoms with Crippen molar-refractivity contribution in [3.8, 4) is 0 Å². The van der Waals surface area contributed by atoms with E-state index in [9.17, 15) is 19.9 Å². The van der Waals surface area contributed by atoms with E-state index in [0.29, 0.717) is 25.7 Å². The second-order valence-electron chi connectivity index (χ2n) is 6.71. The quantitative estimate of drug-likeness (QED) is 0.266. The van der Waals surface area contributed by atoms with E-state index >= 15 is 0 Å². The van der Waals surface area contributed by atoms with E-state index in [-0.39, 0.29) is 31.1 Å². The summed E-state index contributed by atoms with van der Waals surface area (Å²) in [5, 5.41) is 22.6. The number of aliphatic hydroxyl groups excluding tert-OH is 1. The summed E-state index contributed by atoms with van der Waals surface area (Å²) < 4.78 is 11.3. The Morgan fingerprint density at radius 3 is 2.62 bits per heavy atom. The Bertz CT molecular complexity index is 519. The molecule has 24 heavy (non-hydrogen) atoms. The maximum Gasteiger partial charge on any atom is 0.315 e. The lowest BCUT2D eigenvalue weighted by Crippen LogP contribution is -2.54. The van der Waals surface area contributed by atoms with Crippen LogP contribution in [0, 0.1) is 22.5 Å². The Morgan fingerprint density at radius 1 is 1.33 bits per heavy atom. The molecule has 0 spiro atoms. The molecule has 0 aromatic heterocycles. The van der Waals surface area contributed by atoms with Gasteiger partial charge in [-0.1, -0.05) is 0 Å². The molecule has 2 saturated carbocycles. The number of aliphatic hydroxyl groups is 1. The summed E-state index contributed by atoms with van der Waals surface area (Å²) in [5.74, 6) is -1.41. The number of rotatable bonds is 5. The summed E-state index contributed by atoms with van der Waals surface area (Å²) in [7, 11) is 0. The molecule has 7 nitrogen and oxygen atoms in total. The first-order valence-corrected chi connectivity index (χ1v) is 8.61. The molecule has 1 N–H and O–H groups in total. The van der Waals surface area contributed by atoms with Crippen LogP contribution in [0.4, 0.5) is 0 Å². The van der Waals surface area contributed by atoms with Gasteiger partial charge in [0.05, 0.1) is 18.6 Å². The van der Waals surface area contributed by atoms with Crippen molar-refractivity contribution in [2.24, 2.45) is 17.3 Å². The number of carbonyl (C=O) groups excluding carboxylic acids is 2. The average molecular weight is 341 g/mol. The van der Waals surface area contributed by atoms with Gasteiger partial charge in [-0.15, -0.1) is 0 Å². The molecular formula is C17H27NO6. The van der Waals surface area contributed by atoms with E-state index in [1.165, 1.54) is 13.1 Å². The van der Waals surface area contributed by atoms with Gasteiger partial charge in [-0.3, -0.25) is 9.59 Å². The van der Waals surface area contributed by atoms with Crippen LogP contribution in [-0.4, -0.2) is 53.4 Å². The Labute approximate surface area is 142 Å². The maximum atomic E-state index is 12.7. The van der Waals surface area contributed by atoms with Crippen LogP contribution in [0.5, 0.6) is 0 Å². The highest BCUT2D eigenvalue weighted by molar-refractivity contribution is 5.78. The van der Waals surface area contributed by atoms with E-state index in [0.717, 1.165) is 4.74 Å². The molecule has 2 rings (SSSR count). The predicted octanol–water partition coefficient (Wildman–Crippen LogP) is 1.25. The number of hydrogen-bond acceptors (Lipinski definition) is 6. The van der Waals surface area contributed by atoms with Crippen molar-refractivity contribution in [3.63, 3.8) is 0 Å². The Hall–Kier alpha value is -1.63. The summed E-state index contributed by atoms with van der Waals surface area (Å²) in [5.41, 5.74) is -0.977. The fourth-order valence-electron chi connectivity index (χ4n) is 4.44.